The molecule has 1 fully saturated rings. The first-order chi connectivity index (χ1) is 9.20. The largest absolute Gasteiger partial charge is 0.358 e. The first kappa shape index (κ1) is 11.3. The highest BCUT2D eigenvalue weighted by Gasteiger charge is 2.37. The Morgan fingerprint density at radius 3 is 3.00 bits per heavy atom. The van der Waals surface area contributed by atoms with Gasteiger partial charge in [0.25, 0.3) is 0 Å². The van der Waals surface area contributed by atoms with Gasteiger partial charge in [-0.05, 0) is 25.5 Å². The third kappa shape index (κ3) is 1.74. The SMILES string of the molecule is CC1=CC2CN3CN(Cc4cc(C)ccc43)C2C=C1. The van der Waals surface area contributed by atoms with Gasteiger partial charge in [-0.15, -0.1) is 0 Å². The van der Waals surface area contributed by atoms with Crippen LogP contribution in [0.5, 0.6) is 0 Å². The van der Waals surface area contributed by atoms with E-state index in [1.807, 2.05) is 0 Å². The first-order valence-electron chi connectivity index (χ1n) is 7.16. The lowest BCUT2D eigenvalue weighted by Crippen LogP contribution is -2.57. The van der Waals surface area contributed by atoms with Gasteiger partial charge in [-0.1, -0.05) is 41.5 Å². The maximum Gasteiger partial charge on any atom is 0.0715 e. The minimum absolute atomic E-state index is 0.591. The van der Waals surface area contributed by atoms with Gasteiger partial charge in [0.05, 0.1) is 6.67 Å². The summed E-state index contributed by atoms with van der Waals surface area (Å²) in [6.45, 7) is 7.71. The standard InChI is InChI=1S/C17H20N2/c1-12-3-5-16-14(7-12)9-18-11-19(16)10-15-8-13(2)4-6-17(15)18/h3-8,14,16H,9-11H2,1-2H3. The molecule has 2 heteroatoms. The lowest BCUT2D eigenvalue weighted by molar-refractivity contribution is 0.140. The van der Waals surface area contributed by atoms with E-state index in [1.165, 1.54) is 22.4 Å². The number of hydrogen-bond donors (Lipinski definition) is 0. The normalized spacial score (nSPS) is 31.6. The van der Waals surface area contributed by atoms with Crippen molar-refractivity contribution in [3.05, 3.63) is 53.1 Å². The number of fused-ring (bicyclic) bond motifs is 6. The summed E-state index contributed by atoms with van der Waals surface area (Å²) in [5.74, 6) is 0.646. The Morgan fingerprint density at radius 2 is 2.11 bits per heavy atom. The summed E-state index contributed by atoms with van der Waals surface area (Å²) in [6.07, 6.45) is 7.13. The van der Waals surface area contributed by atoms with Crippen LogP contribution < -0.4 is 4.90 Å². The van der Waals surface area contributed by atoms with Crippen LogP contribution in [0.1, 0.15) is 18.1 Å². The van der Waals surface area contributed by atoms with Crippen LogP contribution in [0.4, 0.5) is 5.69 Å². The summed E-state index contributed by atoms with van der Waals surface area (Å²) in [7, 11) is 0. The van der Waals surface area contributed by atoms with Crippen molar-refractivity contribution in [1.29, 1.82) is 0 Å². The van der Waals surface area contributed by atoms with Gasteiger partial charge in [0, 0.05) is 30.7 Å². The summed E-state index contributed by atoms with van der Waals surface area (Å²) in [4.78, 5) is 5.15. The fourth-order valence-electron chi connectivity index (χ4n) is 3.76. The van der Waals surface area contributed by atoms with E-state index in [9.17, 15) is 0 Å². The summed E-state index contributed by atoms with van der Waals surface area (Å²) in [5.41, 5.74) is 5.71. The zero-order valence-electron chi connectivity index (χ0n) is 11.6. The van der Waals surface area contributed by atoms with Crippen molar-refractivity contribution in [2.45, 2.75) is 26.4 Å². The lowest BCUT2D eigenvalue weighted by Gasteiger charge is -2.50. The average molecular weight is 252 g/mol. The van der Waals surface area contributed by atoms with Gasteiger partial charge in [-0.2, -0.15) is 0 Å². The number of anilines is 1. The molecule has 98 valence electrons. The Balaban J connectivity index is 1.75. The number of nitrogens with zero attached hydrogens (tertiary/aromatic N) is 2. The van der Waals surface area contributed by atoms with Crippen molar-refractivity contribution in [3.63, 3.8) is 0 Å². The molecule has 19 heavy (non-hydrogen) atoms. The van der Waals surface area contributed by atoms with E-state index in [0.717, 1.165) is 19.8 Å². The average Bonchev–Trinajstić information content (AvgIpc) is 2.37. The van der Waals surface area contributed by atoms with Crippen molar-refractivity contribution in [2.75, 3.05) is 18.1 Å². The molecule has 3 unspecified atom stereocenters. The van der Waals surface area contributed by atoms with E-state index in [2.05, 4.69) is 60.1 Å². The van der Waals surface area contributed by atoms with Gasteiger partial charge in [-0.25, -0.2) is 0 Å². The molecule has 2 aliphatic heterocycles. The van der Waals surface area contributed by atoms with E-state index in [0.29, 0.717) is 12.0 Å². The third-order valence-electron chi connectivity index (χ3n) is 4.63. The molecule has 1 aliphatic carbocycles. The van der Waals surface area contributed by atoms with Crippen LogP contribution in [0, 0.1) is 12.8 Å². The van der Waals surface area contributed by atoms with Crippen LogP contribution in [0.3, 0.4) is 0 Å². The minimum atomic E-state index is 0.591. The van der Waals surface area contributed by atoms with E-state index in [1.54, 1.807) is 0 Å². The third-order valence-corrected chi connectivity index (χ3v) is 4.63. The quantitative estimate of drug-likeness (QED) is 0.700. The molecule has 0 saturated carbocycles. The number of allylic oxidation sites excluding steroid dienone is 2. The second kappa shape index (κ2) is 3.97. The molecule has 3 aliphatic rings. The molecule has 0 aromatic heterocycles. The van der Waals surface area contributed by atoms with Gasteiger partial charge in [0.2, 0.25) is 0 Å². The maximum absolute atomic E-state index is 2.61. The molecule has 0 amide bonds. The lowest BCUT2D eigenvalue weighted by atomic mass is 9.86. The van der Waals surface area contributed by atoms with Gasteiger partial charge < -0.3 is 4.90 Å². The maximum atomic E-state index is 2.61. The van der Waals surface area contributed by atoms with E-state index < -0.39 is 0 Å². The second-order valence-electron chi connectivity index (χ2n) is 6.17. The Kier molecular flexibility index (Phi) is 2.36. The Morgan fingerprint density at radius 1 is 1.21 bits per heavy atom. The van der Waals surface area contributed by atoms with Crippen LogP contribution in [0.2, 0.25) is 0 Å². The molecule has 3 atom stereocenters. The Bertz CT molecular complexity index is 585. The van der Waals surface area contributed by atoms with Crippen LogP contribution in [-0.2, 0) is 6.54 Å². The minimum Gasteiger partial charge on any atom is -0.358 e. The molecular weight excluding hydrogens is 232 g/mol. The highest BCUT2D eigenvalue weighted by atomic mass is 15.4. The van der Waals surface area contributed by atoms with E-state index in [-0.39, 0.29) is 0 Å². The van der Waals surface area contributed by atoms with Crippen molar-refractivity contribution in [1.82, 2.24) is 4.90 Å². The molecule has 0 N–H and O–H groups in total. The van der Waals surface area contributed by atoms with Gasteiger partial charge in [-0.3, -0.25) is 4.90 Å². The summed E-state index contributed by atoms with van der Waals surface area (Å²) >= 11 is 0. The molecule has 1 aromatic carbocycles. The smallest absolute Gasteiger partial charge is 0.0715 e. The topological polar surface area (TPSA) is 6.48 Å². The number of hydrogen-bond acceptors (Lipinski definition) is 2. The summed E-state index contributed by atoms with van der Waals surface area (Å²) in [6, 6.07) is 7.48. The van der Waals surface area contributed by atoms with Gasteiger partial charge in [0.1, 0.15) is 0 Å². The zero-order valence-corrected chi connectivity index (χ0v) is 11.6. The molecule has 2 heterocycles. The monoisotopic (exact) mass is 252 g/mol. The number of benzene rings is 1. The number of aryl methyl sites for hydroxylation is 1. The summed E-state index contributed by atoms with van der Waals surface area (Å²) < 4.78 is 0. The predicted molar refractivity (Wildman–Crippen MR) is 79.1 cm³/mol. The van der Waals surface area contributed by atoms with Crippen molar-refractivity contribution in [2.24, 2.45) is 5.92 Å². The molecule has 4 rings (SSSR count). The van der Waals surface area contributed by atoms with Crippen molar-refractivity contribution < 1.29 is 0 Å². The van der Waals surface area contributed by atoms with E-state index in [4.69, 9.17) is 0 Å². The van der Waals surface area contributed by atoms with E-state index >= 15 is 0 Å². The molecule has 1 aromatic rings. The molecule has 1 saturated heterocycles. The Hall–Kier alpha value is -1.54. The fourth-order valence-corrected chi connectivity index (χ4v) is 3.76. The van der Waals surface area contributed by atoms with Crippen LogP contribution in [-0.4, -0.2) is 24.2 Å². The zero-order chi connectivity index (χ0) is 13.0. The van der Waals surface area contributed by atoms with Crippen LogP contribution in [0.25, 0.3) is 0 Å². The van der Waals surface area contributed by atoms with Gasteiger partial charge >= 0.3 is 0 Å². The second-order valence-corrected chi connectivity index (χ2v) is 6.17. The fraction of sp³-hybridized carbons (Fsp3) is 0.412. The molecule has 0 radical (unpaired) electrons. The first-order valence-corrected chi connectivity index (χ1v) is 7.16. The number of rotatable bonds is 0. The molecule has 0 spiro atoms. The Labute approximate surface area is 115 Å². The molecule has 2 bridgehead atoms. The van der Waals surface area contributed by atoms with Crippen LogP contribution in [0.15, 0.2) is 42.0 Å². The molecule has 2 nitrogen and oxygen atoms in total. The highest BCUT2D eigenvalue weighted by Crippen LogP contribution is 2.37. The summed E-state index contributed by atoms with van der Waals surface area (Å²) in [5, 5.41) is 0. The molecular formula is C17H20N2. The van der Waals surface area contributed by atoms with Crippen molar-refractivity contribution in [3.8, 4) is 0 Å². The predicted octanol–water partition coefficient (Wildman–Crippen LogP) is 3.09. The van der Waals surface area contributed by atoms with Crippen molar-refractivity contribution >= 4 is 5.69 Å². The van der Waals surface area contributed by atoms with Gasteiger partial charge in [0.15, 0.2) is 0 Å². The highest BCUT2D eigenvalue weighted by molar-refractivity contribution is 5.57. The van der Waals surface area contributed by atoms with Crippen LogP contribution >= 0.6 is 0 Å².